The molecular weight excluding hydrogens is 360 g/mol. The van der Waals surface area contributed by atoms with E-state index in [0.717, 1.165) is 41.7 Å². The zero-order chi connectivity index (χ0) is 19.0. The molecule has 27 heavy (non-hydrogen) atoms. The molecule has 0 radical (unpaired) electrons. The number of hydrogen-bond acceptors (Lipinski definition) is 3. The van der Waals surface area contributed by atoms with E-state index in [9.17, 15) is 4.79 Å². The molecule has 0 saturated carbocycles. The third-order valence-electron chi connectivity index (χ3n) is 4.88. The average molecular weight is 381 g/mol. The van der Waals surface area contributed by atoms with Gasteiger partial charge in [-0.15, -0.1) is 0 Å². The molecule has 0 unspecified atom stereocenters. The van der Waals surface area contributed by atoms with Gasteiger partial charge in [0, 0.05) is 18.5 Å². The zero-order valence-electron chi connectivity index (χ0n) is 15.4. The minimum absolute atomic E-state index is 0.403. The van der Waals surface area contributed by atoms with Crippen molar-refractivity contribution in [3.8, 4) is 0 Å². The first-order valence-electron chi connectivity index (χ1n) is 9.00. The molecule has 0 atom stereocenters. The summed E-state index contributed by atoms with van der Waals surface area (Å²) in [6.07, 6.45) is 3.08. The second kappa shape index (κ2) is 7.22. The van der Waals surface area contributed by atoms with Gasteiger partial charge in [-0.1, -0.05) is 35.9 Å². The molecule has 3 aromatic rings. The number of carbonyl (C=O) groups excluding carboxylic acids is 1. The first-order valence-corrected chi connectivity index (χ1v) is 9.38. The van der Waals surface area contributed by atoms with Gasteiger partial charge in [-0.3, -0.25) is 0 Å². The lowest BCUT2D eigenvalue weighted by Crippen LogP contribution is -2.26. The molecule has 5 heteroatoms. The number of fused-ring (bicyclic) bond motifs is 1. The fraction of sp³-hybridized carbons (Fsp3) is 0.227. The average Bonchev–Trinajstić information content (AvgIpc) is 3.01. The maximum atomic E-state index is 12.7. The number of nitrogens with zero attached hydrogens (tertiary/aromatic N) is 2. The number of benzene rings is 2. The maximum absolute atomic E-state index is 12.7. The second-order valence-corrected chi connectivity index (χ2v) is 7.40. The molecule has 2 aromatic carbocycles. The van der Waals surface area contributed by atoms with Crippen LogP contribution in [-0.4, -0.2) is 35.7 Å². The van der Waals surface area contributed by atoms with Crippen molar-refractivity contribution in [3.05, 3.63) is 76.5 Å². The number of halogens is 1. The second-order valence-electron chi connectivity index (χ2n) is 6.99. The highest BCUT2D eigenvalue weighted by molar-refractivity contribution is 6.35. The Morgan fingerprint density at radius 3 is 2.63 bits per heavy atom. The van der Waals surface area contributed by atoms with E-state index in [1.165, 1.54) is 5.57 Å². The molecule has 4 rings (SSSR count). The van der Waals surface area contributed by atoms with E-state index >= 15 is 0 Å². The third-order valence-corrected chi connectivity index (χ3v) is 5.16. The number of carbonyl (C=O) groups is 1. The molecule has 0 aliphatic carbocycles. The first-order chi connectivity index (χ1) is 13.0. The molecule has 138 valence electrons. The van der Waals surface area contributed by atoms with Crippen molar-refractivity contribution in [2.75, 3.05) is 20.1 Å². The van der Waals surface area contributed by atoms with Crippen molar-refractivity contribution >= 4 is 34.0 Å². The summed E-state index contributed by atoms with van der Waals surface area (Å²) in [5.74, 6) is -0.403. The van der Waals surface area contributed by atoms with E-state index in [2.05, 4.69) is 30.2 Å². The van der Waals surface area contributed by atoms with Crippen LogP contribution < -0.4 is 4.84 Å². The highest BCUT2D eigenvalue weighted by Crippen LogP contribution is 2.33. The summed E-state index contributed by atoms with van der Waals surface area (Å²) < 4.78 is 1.60. The van der Waals surface area contributed by atoms with Crippen molar-refractivity contribution in [1.82, 2.24) is 9.63 Å². The van der Waals surface area contributed by atoms with Gasteiger partial charge >= 0.3 is 5.97 Å². The summed E-state index contributed by atoms with van der Waals surface area (Å²) in [7, 11) is 2.10. The largest absolute Gasteiger partial charge is 0.363 e. The molecule has 1 aliphatic rings. The van der Waals surface area contributed by atoms with Gasteiger partial charge in [0.05, 0.1) is 16.3 Å². The summed E-state index contributed by atoms with van der Waals surface area (Å²) in [6, 6.07) is 15.0. The molecule has 4 nitrogen and oxygen atoms in total. The number of hydrogen-bond donors (Lipinski definition) is 0. The van der Waals surface area contributed by atoms with Gasteiger partial charge in [0.15, 0.2) is 0 Å². The SMILES string of the molecule is Cc1cc(Cl)c2c(c1)cc(C1=CCN(C)CC1)n2OC(=O)c1ccccc1. The molecule has 0 bridgehead atoms. The van der Waals surface area contributed by atoms with Crippen molar-refractivity contribution < 1.29 is 9.63 Å². The van der Waals surface area contributed by atoms with Crippen LogP contribution in [0.2, 0.25) is 5.02 Å². The Labute approximate surface area is 163 Å². The van der Waals surface area contributed by atoms with Gasteiger partial charge in [0.25, 0.3) is 0 Å². The lowest BCUT2D eigenvalue weighted by molar-refractivity contribution is 0.0479. The molecule has 0 N–H and O–H groups in total. The Morgan fingerprint density at radius 2 is 1.93 bits per heavy atom. The van der Waals surface area contributed by atoms with Crippen LogP contribution in [0.4, 0.5) is 0 Å². The molecular formula is C22H21ClN2O2. The monoisotopic (exact) mass is 380 g/mol. The fourth-order valence-corrected chi connectivity index (χ4v) is 3.80. The van der Waals surface area contributed by atoms with E-state index in [1.807, 2.05) is 31.2 Å². The molecule has 1 aromatic heterocycles. The molecule has 0 fully saturated rings. The minimum Gasteiger partial charge on any atom is -0.330 e. The van der Waals surface area contributed by atoms with Gasteiger partial charge in [-0.25, -0.2) is 4.79 Å². The number of aryl methyl sites for hydroxylation is 1. The Kier molecular flexibility index (Phi) is 4.77. The summed E-state index contributed by atoms with van der Waals surface area (Å²) in [5, 5.41) is 1.54. The number of rotatable bonds is 3. The topological polar surface area (TPSA) is 34.5 Å². The zero-order valence-corrected chi connectivity index (χ0v) is 16.2. The smallest absolute Gasteiger partial charge is 0.330 e. The number of likely N-dealkylation sites (N-methyl/N-ethyl adjacent to an activating group) is 1. The highest BCUT2D eigenvalue weighted by Gasteiger charge is 2.21. The van der Waals surface area contributed by atoms with E-state index in [-0.39, 0.29) is 0 Å². The van der Waals surface area contributed by atoms with Gasteiger partial charge in [0.1, 0.15) is 5.52 Å². The molecule has 1 aliphatic heterocycles. The van der Waals surface area contributed by atoms with Gasteiger partial charge in [0.2, 0.25) is 0 Å². The normalized spacial score (nSPS) is 15.0. The third kappa shape index (κ3) is 3.51. The lowest BCUT2D eigenvalue weighted by atomic mass is 10.1. The van der Waals surface area contributed by atoms with Crippen LogP contribution in [0.25, 0.3) is 16.5 Å². The van der Waals surface area contributed by atoms with Crippen molar-refractivity contribution in [3.63, 3.8) is 0 Å². The van der Waals surface area contributed by atoms with E-state index in [4.69, 9.17) is 16.4 Å². The van der Waals surface area contributed by atoms with Crippen molar-refractivity contribution in [2.45, 2.75) is 13.3 Å². The summed E-state index contributed by atoms with van der Waals surface area (Å²) in [6.45, 7) is 3.84. The Morgan fingerprint density at radius 1 is 1.15 bits per heavy atom. The van der Waals surface area contributed by atoms with Crippen LogP contribution in [0.5, 0.6) is 0 Å². The van der Waals surface area contributed by atoms with Crippen molar-refractivity contribution in [1.29, 1.82) is 0 Å². The molecule has 0 amide bonds. The van der Waals surface area contributed by atoms with Crippen molar-refractivity contribution in [2.24, 2.45) is 0 Å². The van der Waals surface area contributed by atoms with E-state index < -0.39 is 5.97 Å². The molecule has 0 spiro atoms. The summed E-state index contributed by atoms with van der Waals surface area (Å²) in [4.78, 5) is 20.8. The maximum Gasteiger partial charge on any atom is 0.363 e. The minimum atomic E-state index is -0.403. The van der Waals surface area contributed by atoms with Crippen LogP contribution in [0.1, 0.15) is 28.0 Å². The number of aromatic nitrogens is 1. The fourth-order valence-electron chi connectivity index (χ4n) is 3.44. The van der Waals surface area contributed by atoms with Crippen LogP contribution in [-0.2, 0) is 0 Å². The quantitative estimate of drug-likeness (QED) is 0.666. The van der Waals surface area contributed by atoms with Crippen LogP contribution >= 0.6 is 11.6 Å². The summed E-state index contributed by atoms with van der Waals surface area (Å²) in [5.41, 5.74) is 4.35. The molecule has 0 saturated heterocycles. The Hall–Kier alpha value is -2.56. The Bertz CT molecular complexity index is 1040. The predicted molar refractivity (Wildman–Crippen MR) is 109 cm³/mol. The van der Waals surface area contributed by atoms with Gasteiger partial charge in [-0.05, 0) is 61.9 Å². The molecule has 2 heterocycles. The lowest BCUT2D eigenvalue weighted by Gasteiger charge is -2.22. The standard InChI is InChI=1S/C22H21ClN2O2/c1-15-12-18-14-20(16-8-10-24(2)11-9-16)25(21(18)19(23)13-15)27-22(26)17-6-4-3-5-7-17/h3-8,12-14H,9-11H2,1-2H3. The van der Waals surface area contributed by atoms with Gasteiger partial charge < -0.3 is 9.74 Å². The van der Waals surface area contributed by atoms with Crippen LogP contribution in [0.15, 0.2) is 54.6 Å². The summed E-state index contributed by atoms with van der Waals surface area (Å²) >= 11 is 6.53. The van der Waals surface area contributed by atoms with Crippen LogP contribution in [0, 0.1) is 6.92 Å². The van der Waals surface area contributed by atoms with Gasteiger partial charge in [-0.2, -0.15) is 4.73 Å². The first kappa shape index (κ1) is 17.8. The van der Waals surface area contributed by atoms with E-state index in [0.29, 0.717) is 10.6 Å². The van der Waals surface area contributed by atoms with Crippen LogP contribution in [0.3, 0.4) is 0 Å². The highest BCUT2D eigenvalue weighted by atomic mass is 35.5. The predicted octanol–water partition coefficient (Wildman–Crippen LogP) is 4.59. The Balaban J connectivity index is 1.83. The van der Waals surface area contributed by atoms with E-state index in [1.54, 1.807) is 16.9 Å².